The lowest BCUT2D eigenvalue weighted by Crippen LogP contribution is -2.15. The van der Waals surface area contributed by atoms with Crippen LogP contribution >= 0.6 is 0 Å². The summed E-state index contributed by atoms with van der Waals surface area (Å²) < 4.78 is 38.1. The van der Waals surface area contributed by atoms with Gasteiger partial charge in [0.05, 0.1) is 11.0 Å². The summed E-state index contributed by atoms with van der Waals surface area (Å²) in [6.07, 6.45) is -5.20. The average molecular weight is 214 g/mol. The van der Waals surface area contributed by atoms with Crippen LogP contribution in [0.1, 0.15) is 5.82 Å². The molecule has 0 aliphatic rings. The van der Waals surface area contributed by atoms with Gasteiger partial charge in [0.25, 0.3) is 0 Å². The second-order valence-electron chi connectivity index (χ2n) is 3.37. The largest absolute Gasteiger partial charge is 0.396 e. The Morgan fingerprint density at radius 1 is 1.27 bits per heavy atom. The highest BCUT2D eigenvalue weighted by molar-refractivity contribution is 5.75. The first-order valence-corrected chi connectivity index (χ1v) is 4.44. The van der Waals surface area contributed by atoms with Gasteiger partial charge < -0.3 is 4.57 Å². The summed E-state index contributed by atoms with van der Waals surface area (Å²) in [7, 11) is 1.59. The molecule has 15 heavy (non-hydrogen) atoms. The fourth-order valence-electron chi connectivity index (χ4n) is 1.53. The molecule has 0 aliphatic carbocycles. The molecule has 0 atom stereocenters. The van der Waals surface area contributed by atoms with Crippen molar-refractivity contribution in [3.8, 4) is 0 Å². The number of benzene rings is 1. The zero-order valence-corrected chi connectivity index (χ0v) is 8.04. The molecule has 0 bridgehead atoms. The third-order valence-corrected chi connectivity index (χ3v) is 2.24. The lowest BCUT2D eigenvalue weighted by atomic mass is 10.3. The van der Waals surface area contributed by atoms with Gasteiger partial charge in [0.1, 0.15) is 12.2 Å². The molecule has 0 saturated heterocycles. The van der Waals surface area contributed by atoms with E-state index in [1.807, 2.05) is 0 Å². The van der Waals surface area contributed by atoms with Crippen LogP contribution in [-0.2, 0) is 13.5 Å². The summed E-state index contributed by atoms with van der Waals surface area (Å²) in [5.74, 6) is 0.0451. The fourth-order valence-corrected chi connectivity index (χ4v) is 1.53. The van der Waals surface area contributed by atoms with Gasteiger partial charge in [-0.3, -0.25) is 0 Å². The topological polar surface area (TPSA) is 17.8 Å². The molecular formula is C10H9F3N2. The standard InChI is InChI=1S/C10H9F3N2/c1-15-8-5-3-2-4-7(8)14-9(15)6-10(11,12)13/h2-5H,6H2,1H3. The average Bonchev–Trinajstić information content (AvgIpc) is 2.42. The Morgan fingerprint density at radius 3 is 2.53 bits per heavy atom. The molecule has 0 radical (unpaired) electrons. The first kappa shape index (κ1) is 10.0. The van der Waals surface area contributed by atoms with E-state index < -0.39 is 12.6 Å². The number of aryl methyl sites for hydroxylation is 1. The van der Waals surface area contributed by atoms with Crippen LogP contribution in [0.3, 0.4) is 0 Å². The maximum absolute atomic E-state index is 12.2. The van der Waals surface area contributed by atoms with Gasteiger partial charge in [-0.05, 0) is 12.1 Å². The number of para-hydroxylation sites is 2. The second-order valence-corrected chi connectivity index (χ2v) is 3.37. The lowest BCUT2D eigenvalue weighted by Gasteiger charge is -2.05. The Bertz CT molecular complexity index is 485. The molecule has 2 rings (SSSR count). The monoisotopic (exact) mass is 214 g/mol. The number of halogens is 3. The molecule has 1 aromatic heterocycles. The van der Waals surface area contributed by atoms with E-state index in [0.717, 1.165) is 5.52 Å². The molecule has 0 N–H and O–H groups in total. The molecule has 1 heterocycles. The van der Waals surface area contributed by atoms with Crippen molar-refractivity contribution in [3.05, 3.63) is 30.1 Å². The zero-order chi connectivity index (χ0) is 11.1. The Labute approximate surface area is 84.3 Å². The summed E-state index contributed by atoms with van der Waals surface area (Å²) in [5.41, 5.74) is 1.32. The maximum Gasteiger partial charge on any atom is 0.396 e. The van der Waals surface area contributed by atoms with Crippen molar-refractivity contribution in [1.82, 2.24) is 9.55 Å². The van der Waals surface area contributed by atoms with Crippen molar-refractivity contribution in [1.29, 1.82) is 0 Å². The highest BCUT2D eigenvalue weighted by Gasteiger charge is 2.30. The van der Waals surface area contributed by atoms with Crippen LogP contribution in [0.2, 0.25) is 0 Å². The molecule has 0 aliphatic heterocycles. The first-order chi connectivity index (χ1) is 6.97. The molecule has 0 amide bonds. The van der Waals surface area contributed by atoms with Crippen LogP contribution in [0.4, 0.5) is 13.2 Å². The van der Waals surface area contributed by atoms with Gasteiger partial charge >= 0.3 is 6.18 Å². The van der Waals surface area contributed by atoms with Crippen LogP contribution in [0.15, 0.2) is 24.3 Å². The van der Waals surface area contributed by atoms with E-state index in [0.29, 0.717) is 5.52 Å². The number of hydrogen-bond acceptors (Lipinski definition) is 1. The number of hydrogen-bond donors (Lipinski definition) is 0. The zero-order valence-electron chi connectivity index (χ0n) is 8.04. The van der Waals surface area contributed by atoms with Gasteiger partial charge in [0.2, 0.25) is 0 Å². The van der Waals surface area contributed by atoms with Crippen LogP contribution in [-0.4, -0.2) is 15.7 Å². The molecule has 0 fully saturated rings. The highest BCUT2D eigenvalue weighted by atomic mass is 19.4. The van der Waals surface area contributed by atoms with Gasteiger partial charge in [-0.2, -0.15) is 13.2 Å². The van der Waals surface area contributed by atoms with Gasteiger partial charge in [-0.1, -0.05) is 12.1 Å². The minimum absolute atomic E-state index is 0.0451. The van der Waals surface area contributed by atoms with Gasteiger partial charge in [0, 0.05) is 7.05 Å². The van der Waals surface area contributed by atoms with E-state index in [2.05, 4.69) is 4.98 Å². The smallest absolute Gasteiger partial charge is 0.331 e. The third-order valence-electron chi connectivity index (χ3n) is 2.24. The number of imidazole rings is 1. The van der Waals surface area contributed by atoms with Gasteiger partial charge in [-0.25, -0.2) is 4.98 Å². The number of nitrogens with zero attached hydrogens (tertiary/aromatic N) is 2. The van der Waals surface area contributed by atoms with Crippen molar-refractivity contribution in [2.45, 2.75) is 12.6 Å². The fraction of sp³-hybridized carbons (Fsp3) is 0.300. The van der Waals surface area contributed by atoms with E-state index in [1.54, 1.807) is 31.3 Å². The summed E-state index contributed by atoms with van der Waals surface area (Å²) in [6.45, 7) is 0. The summed E-state index contributed by atoms with van der Waals surface area (Å²) in [6, 6.07) is 6.99. The minimum Gasteiger partial charge on any atom is -0.331 e. The van der Waals surface area contributed by atoms with Gasteiger partial charge in [-0.15, -0.1) is 0 Å². The Hall–Kier alpha value is -1.52. The first-order valence-electron chi connectivity index (χ1n) is 4.44. The summed E-state index contributed by atoms with van der Waals surface area (Å²) in [4.78, 5) is 3.94. The van der Waals surface area contributed by atoms with E-state index in [9.17, 15) is 13.2 Å². The lowest BCUT2D eigenvalue weighted by molar-refractivity contribution is -0.128. The van der Waals surface area contributed by atoms with Crippen molar-refractivity contribution in [3.63, 3.8) is 0 Å². The molecule has 2 nitrogen and oxygen atoms in total. The molecule has 2 aromatic rings. The van der Waals surface area contributed by atoms with Crippen LogP contribution < -0.4 is 0 Å². The quantitative estimate of drug-likeness (QED) is 0.713. The molecule has 0 spiro atoms. The number of rotatable bonds is 1. The normalized spacial score (nSPS) is 12.3. The SMILES string of the molecule is Cn1c(CC(F)(F)F)nc2ccccc21. The number of fused-ring (bicyclic) bond motifs is 1. The second kappa shape index (κ2) is 3.25. The number of alkyl halides is 3. The van der Waals surface area contributed by atoms with Gasteiger partial charge in [0.15, 0.2) is 0 Å². The van der Waals surface area contributed by atoms with E-state index in [4.69, 9.17) is 0 Å². The Balaban J connectivity index is 2.49. The maximum atomic E-state index is 12.2. The molecule has 5 heteroatoms. The van der Waals surface area contributed by atoms with Crippen LogP contribution in [0.25, 0.3) is 11.0 Å². The Kier molecular flexibility index (Phi) is 2.17. The molecule has 1 aromatic carbocycles. The highest BCUT2D eigenvalue weighted by Crippen LogP contribution is 2.23. The van der Waals surface area contributed by atoms with Crippen LogP contribution in [0, 0.1) is 0 Å². The molecular weight excluding hydrogens is 205 g/mol. The van der Waals surface area contributed by atoms with Crippen molar-refractivity contribution < 1.29 is 13.2 Å². The van der Waals surface area contributed by atoms with E-state index in [1.165, 1.54) is 4.57 Å². The predicted molar refractivity (Wildman–Crippen MR) is 50.5 cm³/mol. The Morgan fingerprint density at radius 2 is 1.93 bits per heavy atom. The van der Waals surface area contributed by atoms with E-state index >= 15 is 0 Å². The molecule has 0 saturated carbocycles. The predicted octanol–water partition coefficient (Wildman–Crippen LogP) is 2.68. The third kappa shape index (κ3) is 1.95. The van der Waals surface area contributed by atoms with Crippen LogP contribution in [0.5, 0.6) is 0 Å². The van der Waals surface area contributed by atoms with Crippen molar-refractivity contribution in [2.75, 3.05) is 0 Å². The molecule has 0 unspecified atom stereocenters. The minimum atomic E-state index is -4.21. The summed E-state index contributed by atoms with van der Waals surface area (Å²) >= 11 is 0. The van der Waals surface area contributed by atoms with Crippen molar-refractivity contribution in [2.24, 2.45) is 7.05 Å². The summed E-state index contributed by atoms with van der Waals surface area (Å²) in [5, 5.41) is 0. The number of aromatic nitrogens is 2. The van der Waals surface area contributed by atoms with E-state index in [-0.39, 0.29) is 5.82 Å². The van der Waals surface area contributed by atoms with Crippen molar-refractivity contribution >= 4 is 11.0 Å². The molecule has 80 valence electrons.